The number of benzene rings is 1. The molecular weight excluding hydrogens is 252 g/mol. The lowest BCUT2D eigenvalue weighted by molar-refractivity contribution is 0.181. The van der Waals surface area contributed by atoms with Crippen LogP contribution in [0.2, 0.25) is 0 Å². The summed E-state index contributed by atoms with van der Waals surface area (Å²) in [7, 11) is 0. The van der Waals surface area contributed by atoms with E-state index in [0.29, 0.717) is 18.6 Å². The second-order valence-electron chi connectivity index (χ2n) is 6.20. The Morgan fingerprint density at radius 2 is 2.15 bits per heavy atom. The lowest BCUT2D eigenvalue weighted by Crippen LogP contribution is -2.26. The van der Waals surface area contributed by atoms with Crippen molar-refractivity contribution >= 4 is 11.8 Å². The van der Waals surface area contributed by atoms with Crippen LogP contribution in [0.25, 0.3) is 0 Å². The Bertz CT molecular complexity index is 542. The van der Waals surface area contributed by atoms with Crippen molar-refractivity contribution in [3.05, 3.63) is 29.8 Å². The number of amides is 1. The van der Waals surface area contributed by atoms with Crippen molar-refractivity contribution in [3.8, 4) is 0 Å². The molecular formula is C16H20N2O2. The maximum absolute atomic E-state index is 11.6. The molecule has 1 aromatic rings. The van der Waals surface area contributed by atoms with Crippen LogP contribution in [0.5, 0.6) is 0 Å². The molecule has 3 fully saturated rings. The summed E-state index contributed by atoms with van der Waals surface area (Å²) in [5.74, 6) is 0.838. The van der Waals surface area contributed by atoms with E-state index < -0.39 is 0 Å². The summed E-state index contributed by atoms with van der Waals surface area (Å²) in [6.07, 6.45) is 1.10. The number of cyclic esters (lactones) is 1. The first kappa shape index (κ1) is 12.2. The topological polar surface area (TPSA) is 32.8 Å². The van der Waals surface area contributed by atoms with Crippen LogP contribution in [0.1, 0.15) is 18.9 Å². The Balaban J connectivity index is 1.55. The molecule has 0 N–H and O–H groups in total. The number of hydrogen-bond acceptors (Lipinski definition) is 3. The van der Waals surface area contributed by atoms with Gasteiger partial charge in [0.2, 0.25) is 0 Å². The second-order valence-corrected chi connectivity index (χ2v) is 6.20. The highest BCUT2D eigenvalue weighted by molar-refractivity contribution is 5.89. The molecule has 2 atom stereocenters. The van der Waals surface area contributed by atoms with Crippen LogP contribution in [0.15, 0.2) is 24.3 Å². The van der Waals surface area contributed by atoms with Gasteiger partial charge in [0.25, 0.3) is 0 Å². The Hall–Kier alpha value is -1.55. The minimum atomic E-state index is -0.224. The van der Waals surface area contributed by atoms with Crippen LogP contribution >= 0.6 is 0 Å². The van der Waals surface area contributed by atoms with Gasteiger partial charge in [0, 0.05) is 24.2 Å². The monoisotopic (exact) mass is 272 g/mol. The van der Waals surface area contributed by atoms with Crippen molar-refractivity contribution in [1.29, 1.82) is 0 Å². The quantitative estimate of drug-likeness (QED) is 0.846. The first-order valence-electron chi connectivity index (χ1n) is 7.50. The average molecular weight is 272 g/mol. The SMILES string of the molecule is CCN1CC2C[C@@]2(c2ccc(N3CCOC3=O)cc2)C1. The predicted molar refractivity (Wildman–Crippen MR) is 77.0 cm³/mol. The molecule has 1 saturated carbocycles. The third-order valence-corrected chi connectivity index (χ3v) is 5.18. The molecule has 1 aliphatic carbocycles. The molecule has 0 aromatic heterocycles. The number of hydrogen-bond donors (Lipinski definition) is 0. The third-order valence-electron chi connectivity index (χ3n) is 5.18. The molecule has 4 nitrogen and oxygen atoms in total. The summed E-state index contributed by atoms with van der Waals surface area (Å²) in [4.78, 5) is 15.8. The summed E-state index contributed by atoms with van der Waals surface area (Å²) in [5.41, 5.74) is 2.80. The third kappa shape index (κ3) is 1.67. The van der Waals surface area contributed by atoms with Gasteiger partial charge in [0.15, 0.2) is 0 Å². The van der Waals surface area contributed by atoms with Crippen molar-refractivity contribution in [2.45, 2.75) is 18.8 Å². The second kappa shape index (κ2) is 4.22. The van der Waals surface area contributed by atoms with Crippen molar-refractivity contribution in [2.75, 3.05) is 37.7 Å². The Morgan fingerprint density at radius 3 is 2.75 bits per heavy atom. The fourth-order valence-electron chi connectivity index (χ4n) is 3.88. The maximum atomic E-state index is 11.6. The fourth-order valence-corrected chi connectivity index (χ4v) is 3.88. The highest BCUT2D eigenvalue weighted by Crippen LogP contribution is 2.58. The van der Waals surface area contributed by atoms with Crippen molar-refractivity contribution in [1.82, 2.24) is 4.90 Å². The van der Waals surface area contributed by atoms with Gasteiger partial charge in [-0.25, -0.2) is 4.79 Å². The molecule has 20 heavy (non-hydrogen) atoms. The largest absolute Gasteiger partial charge is 0.447 e. The first-order valence-corrected chi connectivity index (χ1v) is 7.50. The van der Waals surface area contributed by atoms with Crippen LogP contribution in [0, 0.1) is 5.92 Å². The van der Waals surface area contributed by atoms with E-state index in [1.807, 2.05) is 0 Å². The Kier molecular flexibility index (Phi) is 2.58. The summed E-state index contributed by atoms with van der Waals surface area (Å²) in [5, 5.41) is 0. The molecule has 4 heteroatoms. The van der Waals surface area contributed by atoms with Gasteiger partial charge < -0.3 is 9.64 Å². The lowest BCUT2D eigenvalue weighted by atomic mass is 9.95. The van der Waals surface area contributed by atoms with Gasteiger partial charge in [-0.1, -0.05) is 19.1 Å². The molecule has 1 aromatic carbocycles. The predicted octanol–water partition coefficient (Wildman–Crippen LogP) is 2.24. The number of carbonyl (C=O) groups excluding carboxylic acids is 1. The minimum Gasteiger partial charge on any atom is -0.447 e. The van der Waals surface area contributed by atoms with Crippen LogP contribution in [0.4, 0.5) is 10.5 Å². The zero-order valence-electron chi connectivity index (χ0n) is 11.8. The molecule has 2 aliphatic heterocycles. The maximum Gasteiger partial charge on any atom is 0.414 e. The minimum absolute atomic E-state index is 0.224. The number of ether oxygens (including phenoxy) is 1. The zero-order chi connectivity index (χ0) is 13.7. The van der Waals surface area contributed by atoms with Gasteiger partial charge in [0.1, 0.15) is 6.61 Å². The van der Waals surface area contributed by atoms with Gasteiger partial charge in [-0.15, -0.1) is 0 Å². The number of piperidine rings is 1. The number of anilines is 1. The van der Waals surface area contributed by atoms with Crippen LogP contribution in [-0.2, 0) is 10.2 Å². The molecule has 2 saturated heterocycles. The van der Waals surface area contributed by atoms with Crippen LogP contribution in [-0.4, -0.2) is 43.8 Å². The number of rotatable bonds is 3. The Morgan fingerprint density at radius 1 is 1.35 bits per heavy atom. The molecule has 1 unspecified atom stereocenters. The molecule has 3 aliphatic rings. The van der Waals surface area contributed by atoms with Crippen LogP contribution in [0.3, 0.4) is 0 Å². The van der Waals surface area contributed by atoms with Crippen molar-refractivity contribution < 1.29 is 9.53 Å². The van der Waals surface area contributed by atoms with E-state index >= 15 is 0 Å². The summed E-state index contributed by atoms with van der Waals surface area (Å²) in [6, 6.07) is 8.56. The van der Waals surface area contributed by atoms with Gasteiger partial charge in [-0.05, 0) is 36.6 Å². The molecule has 4 rings (SSSR count). The van der Waals surface area contributed by atoms with Gasteiger partial charge in [0.05, 0.1) is 6.54 Å². The van der Waals surface area contributed by atoms with Gasteiger partial charge in [-0.3, -0.25) is 4.90 Å². The van der Waals surface area contributed by atoms with Crippen LogP contribution < -0.4 is 4.90 Å². The number of carbonyl (C=O) groups is 1. The highest BCUT2D eigenvalue weighted by Gasteiger charge is 2.60. The first-order chi connectivity index (χ1) is 9.73. The lowest BCUT2D eigenvalue weighted by Gasteiger charge is -2.20. The smallest absolute Gasteiger partial charge is 0.414 e. The molecule has 106 valence electrons. The highest BCUT2D eigenvalue weighted by atomic mass is 16.6. The number of fused-ring (bicyclic) bond motifs is 1. The van der Waals surface area contributed by atoms with E-state index in [1.54, 1.807) is 4.90 Å². The molecule has 0 bridgehead atoms. The Labute approximate surface area is 119 Å². The summed E-state index contributed by atoms with van der Waals surface area (Å²) < 4.78 is 4.99. The van der Waals surface area contributed by atoms with Gasteiger partial charge >= 0.3 is 6.09 Å². The number of nitrogens with zero attached hydrogens (tertiary/aromatic N) is 2. The van der Waals surface area contributed by atoms with E-state index in [4.69, 9.17) is 4.74 Å². The fraction of sp³-hybridized carbons (Fsp3) is 0.562. The van der Waals surface area contributed by atoms with Gasteiger partial charge in [-0.2, -0.15) is 0 Å². The van der Waals surface area contributed by atoms with E-state index in [0.717, 1.165) is 18.2 Å². The molecule has 0 radical (unpaired) electrons. The van der Waals surface area contributed by atoms with Crippen molar-refractivity contribution in [2.24, 2.45) is 5.92 Å². The summed E-state index contributed by atoms with van der Waals surface area (Å²) >= 11 is 0. The molecule has 0 spiro atoms. The van der Waals surface area contributed by atoms with Crippen molar-refractivity contribution in [3.63, 3.8) is 0 Å². The van der Waals surface area contributed by atoms with E-state index in [9.17, 15) is 4.79 Å². The normalized spacial score (nSPS) is 32.4. The van der Waals surface area contributed by atoms with E-state index in [-0.39, 0.29) is 6.09 Å². The zero-order valence-corrected chi connectivity index (χ0v) is 11.8. The number of likely N-dealkylation sites (tertiary alicyclic amines) is 1. The average Bonchev–Trinajstić information content (AvgIpc) is 2.84. The standard InChI is InChI=1S/C16H20N2O2/c1-2-17-10-13-9-16(13,11-17)12-3-5-14(6-4-12)18-7-8-20-15(18)19/h3-6,13H,2,7-11H2,1H3/t13?,16-/m0/s1. The summed E-state index contributed by atoms with van der Waals surface area (Å²) in [6.45, 7) is 6.99. The van der Waals surface area contributed by atoms with E-state index in [1.165, 1.54) is 25.1 Å². The molecule has 1 amide bonds. The number of likely N-dealkylation sites (N-methyl/N-ethyl adjacent to an activating group) is 1. The molecule has 2 heterocycles. The van der Waals surface area contributed by atoms with E-state index in [2.05, 4.69) is 36.1 Å².